The van der Waals surface area contributed by atoms with E-state index < -0.39 is 0 Å². The first-order valence-corrected chi connectivity index (χ1v) is 7.35. The molecule has 0 aliphatic carbocycles. The molecule has 0 spiro atoms. The zero-order valence-corrected chi connectivity index (χ0v) is 12.0. The van der Waals surface area contributed by atoms with Crippen molar-refractivity contribution < 1.29 is 4.79 Å². The number of halogens is 2. The van der Waals surface area contributed by atoms with Crippen LogP contribution >= 0.6 is 23.2 Å². The van der Waals surface area contributed by atoms with E-state index in [1.165, 1.54) is 0 Å². The second-order valence-electron chi connectivity index (χ2n) is 5.38. The van der Waals surface area contributed by atoms with Crippen LogP contribution in [0.4, 0.5) is 0 Å². The van der Waals surface area contributed by atoms with Crippen LogP contribution in [0.2, 0.25) is 10.0 Å². The molecule has 0 saturated carbocycles. The molecule has 2 unspecified atom stereocenters. The fraction of sp³-hybridized carbons (Fsp3) is 0.500. The van der Waals surface area contributed by atoms with Crippen LogP contribution in [-0.4, -0.2) is 37.0 Å². The zero-order chi connectivity index (χ0) is 13.4. The normalized spacial score (nSPS) is 26.3. The van der Waals surface area contributed by atoms with Gasteiger partial charge < -0.3 is 10.2 Å². The predicted octanol–water partition coefficient (Wildman–Crippen LogP) is 2.67. The number of carbonyl (C=O) groups excluding carboxylic acids is 1. The zero-order valence-electron chi connectivity index (χ0n) is 10.5. The number of nitrogens with zero attached hydrogens (tertiary/aromatic N) is 1. The summed E-state index contributed by atoms with van der Waals surface area (Å²) >= 11 is 11.9. The summed E-state index contributed by atoms with van der Waals surface area (Å²) in [4.78, 5) is 14.4. The van der Waals surface area contributed by atoms with Gasteiger partial charge in [-0.3, -0.25) is 4.79 Å². The van der Waals surface area contributed by atoms with Crippen LogP contribution in [0.15, 0.2) is 18.2 Å². The Hall–Kier alpha value is -0.770. The average Bonchev–Trinajstić information content (AvgIpc) is 2.83. The number of amides is 1. The molecule has 2 aliphatic rings. The molecule has 1 aromatic carbocycles. The summed E-state index contributed by atoms with van der Waals surface area (Å²) in [6.45, 7) is 3.77. The Morgan fingerprint density at radius 3 is 2.58 bits per heavy atom. The van der Waals surface area contributed by atoms with E-state index in [-0.39, 0.29) is 5.91 Å². The van der Waals surface area contributed by atoms with Crippen molar-refractivity contribution in [3.05, 3.63) is 33.8 Å². The van der Waals surface area contributed by atoms with Gasteiger partial charge in [-0.25, -0.2) is 0 Å². The summed E-state index contributed by atoms with van der Waals surface area (Å²) in [6, 6.07) is 5.02. The summed E-state index contributed by atoms with van der Waals surface area (Å²) in [5.41, 5.74) is 0.585. The van der Waals surface area contributed by atoms with Crippen LogP contribution in [0.1, 0.15) is 16.8 Å². The number of piperidine rings is 1. The van der Waals surface area contributed by atoms with Gasteiger partial charge in [-0.2, -0.15) is 0 Å². The van der Waals surface area contributed by atoms with Crippen molar-refractivity contribution in [1.29, 1.82) is 0 Å². The van der Waals surface area contributed by atoms with Crippen LogP contribution in [-0.2, 0) is 0 Å². The van der Waals surface area contributed by atoms with Crippen LogP contribution < -0.4 is 5.32 Å². The minimum atomic E-state index is 0.0368. The summed E-state index contributed by atoms with van der Waals surface area (Å²) in [5.74, 6) is 1.36. The van der Waals surface area contributed by atoms with Crippen molar-refractivity contribution in [2.24, 2.45) is 11.8 Å². The second-order valence-corrected chi connectivity index (χ2v) is 6.25. The van der Waals surface area contributed by atoms with Gasteiger partial charge in [-0.1, -0.05) is 23.2 Å². The van der Waals surface area contributed by atoms with Crippen molar-refractivity contribution >= 4 is 29.1 Å². The number of likely N-dealkylation sites (tertiary alicyclic amines) is 1. The highest BCUT2D eigenvalue weighted by molar-refractivity contribution is 6.35. The number of nitrogens with one attached hydrogen (secondary N) is 1. The third-order valence-electron chi connectivity index (χ3n) is 4.10. The van der Waals surface area contributed by atoms with E-state index in [9.17, 15) is 4.79 Å². The lowest BCUT2D eigenvalue weighted by Gasteiger charge is -2.34. The molecular weight excluding hydrogens is 283 g/mol. The smallest absolute Gasteiger partial charge is 0.253 e. The highest BCUT2D eigenvalue weighted by atomic mass is 35.5. The van der Waals surface area contributed by atoms with Gasteiger partial charge in [0.25, 0.3) is 5.91 Å². The number of rotatable bonds is 1. The van der Waals surface area contributed by atoms with Gasteiger partial charge in [0.2, 0.25) is 0 Å². The molecule has 3 nitrogen and oxygen atoms in total. The van der Waals surface area contributed by atoms with Crippen LogP contribution in [0.25, 0.3) is 0 Å². The van der Waals surface area contributed by atoms with E-state index in [0.717, 1.165) is 38.5 Å². The third kappa shape index (κ3) is 2.73. The van der Waals surface area contributed by atoms with E-state index in [2.05, 4.69) is 5.32 Å². The Morgan fingerprint density at radius 2 is 1.84 bits per heavy atom. The first kappa shape index (κ1) is 13.2. The first-order chi connectivity index (χ1) is 9.13. The molecule has 2 atom stereocenters. The van der Waals surface area contributed by atoms with Gasteiger partial charge in [0.1, 0.15) is 0 Å². The van der Waals surface area contributed by atoms with Crippen molar-refractivity contribution in [2.75, 3.05) is 26.2 Å². The molecule has 5 heteroatoms. The minimum absolute atomic E-state index is 0.0368. The standard InChI is InChI=1S/C14H16Cl2N2O/c15-12-3-10(4-13(16)5-12)14(19)18-2-1-9-6-17-7-11(9)8-18/h3-5,9,11,17H,1-2,6-8H2. The monoisotopic (exact) mass is 298 g/mol. The number of benzene rings is 1. The van der Waals surface area contributed by atoms with E-state index in [0.29, 0.717) is 21.5 Å². The lowest BCUT2D eigenvalue weighted by Crippen LogP contribution is -2.43. The molecule has 0 bridgehead atoms. The van der Waals surface area contributed by atoms with E-state index in [1.807, 2.05) is 4.90 Å². The summed E-state index contributed by atoms with van der Waals surface area (Å²) in [7, 11) is 0. The number of fused-ring (bicyclic) bond motifs is 1. The quantitative estimate of drug-likeness (QED) is 0.864. The van der Waals surface area contributed by atoms with Gasteiger partial charge in [0.15, 0.2) is 0 Å². The molecular formula is C14H16Cl2N2O. The van der Waals surface area contributed by atoms with E-state index in [4.69, 9.17) is 23.2 Å². The topological polar surface area (TPSA) is 32.3 Å². The Balaban J connectivity index is 1.76. The summed E-state index contributed by atoms with van der Waals surface area (Å²) < 4.78 is 0. The Morgan fingerprint density at radius 1 is 1.16 bits per heavy atom. The van der Waals surface area contributed by atoms with Crippen LogP contribution in [0.5, 0.6) is 0 Å². The predicted molar refractivity (Wildman–Crippen MR) is 76.8 cm³/mol. The SMILES string of the molecule is O=C(c1cc(Cl)cc(Cl)c1)N1CCC2CNCC2C1. The van der Waals surface area contributed by atoms with Crippen molar-refractivity contribution in [3.8, 4) is 0 Å². The van der Waals surface area contributed by atoms with Gasteiger partial charge in [0.05, 0.1) is 0 Å². The largest absolute Gasteiger partial charge is 0.338 e. The molecule has 3 rings (SSSR count). The van der Waals surface area contributed by atoms with Crippen molar-refractivity contribution in [2.45, 2.75) is 6.42 Å². The fourth-order valence-corrected chi connectivity index (χ4v) is 3.61. The average molecular weight is 299 g/mol. The van der Waals surface area contributed by atoms with E-state index in [1.54, 1.807) is 18.2 Å². The van der Waals surface area contributed by atoms with Gasteiger partial charge >= 0.3 is 0 Å². The van der Waals surface area contributed by atoms with Crippen LogP contribution in [0.3, 0.4) is 0 Å². The molecule has 1 N–H and O–H groups in total. The summed E-state index contributed by atoms with van der Waals surface area (Å²) in [6.07, 6.45) is 1.08. The van der Waals surface area contributed by atoms with Gasteiger partial charge in [0, 0.05) is 28.7 Å². The molecule has 0 radical (unpaired) electrons. The van der Waals surface area contributed by atoms with Crippen molar-refractivity contribution in [1.82, 2.24) is 10.2 Å². The number of hydrogen-bond donors (Lipinski definition) is 1. The molecule has 2 saturated heterocycles. The highest BCUT2D eigenvalue weighted by Crippen LogP contribution is 2.28. The number of hydrogen-bond acceptors (Lipinski definition) is 2. The van der Waals surface area contributed by atoms with Crippen molar-refractivity contribution in [3.63, 3.8) is 0 Å². The Labute approximate surface area is 122 Å². The highest BCUT2D eigenvalue weighted by Gasteiger charge is 2.34. The maximum absolute atomic E-state index is 12.5. The van der Waals surface area contributed by atoms with E-state index >= 15 is 0 Å². The Kier molecular flexibility index (Phi) is 3.70. The maximum atomic E-state index is 12.5. The fourth-order valence-electron chi connectivity index (χ4n) is 3.08. The molecule has 2 heterocycles. The lowest BCUT2D eigenvalue weighted by molar-refractivity contribution is 0.0642. The third-order valence-corrected chi connectivity index (χ3v) is 4.54. The van der Waals surface area contributed by atoms with Crippen LogP contribution in [0, 0.1) is 11.8 Å². The lowest BCUT2D eigenvalue weighted by atomic mass is 9.88. The summed E-state index contributed by atoms with van der Waals surface area (Å²) in [5, 5.41) is 4.42. The molecule has 19 heavy (non-hydrogen) atoms. The molecule has 102 valence electrons. The van der Waals surface area contributed by atoms with Gasteiger partial charge in [-0.15, -0.1) is 0 Å². The molecule has 2 fully saturated rings. The molecule has 2 aliphatic heterocycles. The minimum Gasteiger partial charge on any atom is -0.338 e. The second kappa shape index (κ2) is 5.31. The van der Waals surface area contributed by atoms with Gasteiger partial charge in [-0.05, 0) is 49.5 Å². The number of carbonyl (C=O) groups is 1. The molecule has 1 amide bonds. The Bertz CT molecular complexity index is 486. The molecule has 1 aromatic rings. The molecule has 0 aromatic heterocycles. The maximum Gasteiger partial charge on any atom is 0.253 e. The first-order valence-electron chi connectivity index (χ1n) is 6.59.